The Morgan fingerprint density at radius 3 is 2.76 bits per heavy atom. The van der Waals surface area contributed by atoms with Crippen molar-refractivity contribution in [3.8, 4) is 5.75 Å². The zero-order chi connectivity index (χ0) is 15.2. The van der Waals surface area contributed by atoms with Crippen LogP contribution in [0.1, 0.15) is 12.5 Å². The summed E-state index contributed by atoms with van der Waals surface area (Å²) in [6, 6.07) is 9.16. The molecule has 1 N–H and O–H groups in total. The van der Waals surface area contributed by atoms with E-state index in [0.717, 1.165) is 12.2 Å². The fraction of sp³-hybridized carbons (Fsp3) is 0.312. The summed E-state index contributed by atoms with van der Waals surface area (Å²) in [5.41, 5.74) is 1.37. The maximum absolute atomic E-state index is 14.6. The first-order valence-electron chi connectivity index (χ1n) is 6.89. The second-order valence-electron chi connectivity index (χ2n) is 4.62. The summed E-state index contributed by atoms with van der Waals surface area (Å²) in [6.07, 6.45) is 1.62. The van der Waals surface area contributed by atoms with Crippen molar-refractivity contribution in [2.24, 2.45) is 0 Å². The number of ether oxygens (including phenoxy) is 1. The van der Waals surface area contributed by atoms with E-state index in [2.05, 4.69) is 10.3 Å². The van der Waals surface area contributed by atoms with Gasteiger partial charge in [0.25, 0.3) is 0 Å². The number of hydrogen-bond donors (Lipinski definition) is 1. The average Bonchev–Trinajstić information content (AvgIpc) is 2.53. The Morgan fingerprint density at radius 1 is 1.29 bits per heavy atom. The van der Waals surface area contributed by atoms with Crippen LogP contribution in [0.5, 0.6) is 5.75 Å². The van der Waals surface area contributed by atoms with Crippen LogP contribution in [-0.4, -0.2) is 25.7 Å². The van der Waals surface area contributed by atoms with Crippen molar-refractivity contribution < 1.29 is 9.13 Å². The highest BCUT2D eigenvalue weighted by atomic mass is 19.1. The van der Waals surface area contributed by atoms with E-state index < -0.39 is 0 Å². The van der Waals surface area contributed by atoms with Crippen LogP contribution in [-0.2, 0) is 6.54 Å². The van der Waals surface area contributed by atoms with Gasteiger partial charge in [0.15, 0.2) is 11.6 Å². The molecule has 1 aromatic carbocycles. The number of nitrogens with zero attached hydrogens (tertiary/aromatic N) is 2. The molecular formula is C16H20FN3O. The van der Waals surface area contributed by atoms with Crippen LogP contribution in [0.25, 0.3) is 0 Å². The van der Waals surface area contributed by atoms with Gasteiger partial charge in [0.05, 0.1) is 12.8 Å². The molecule has 0 aliphatic carbocycles. The fourth-order valence-electron chi connectivity index (χ4n) is 2.12. The van der Waals surface area contributed by atoms with Gasteiger partial charge in [-0.15, -0.1) is 0 Å². The number of hydrogen-bond acceptors (Lipinski definition) is 4. The number of pyridine rings is 1. The third-order valence-electron chi connectivity index (χ3n) is 3.28. The quantitative estimate of drug-likeness (QED) is 0.886. The Kier molecular flexibility index (Phi) is 5.11. The second-order valence-corrected chi connectivity index (χ2v) is 4.62. The molecule has 4 nitrogen and oxygen atoms in total. The second kappa shape index (κ2) is 7.04. The van der Waals surface area contributed by atoms with Gasteiger partial charge >= 0.3 is 0 Å². The fourth-order valence-corrected chi connectivity index (χ4v) is 2.12. The summed E-state index contributed by atoms with van der Waals surface area (Å²) in [4.78, 5) is 5.86. The maximum atomic E-state index is 14.6. The van der Waals surface area contributed by atoms with Gasteiger partial charge in [0, 0.05) is 25.4 Å². The topological polar surface area (TPSA) is 37.4 Å². The summed E-state index contributed by atoms with van der Waals surface area (Å²) in [5.74, 6) is 0.653. The van der Waals surface area contributed by atoms with Gasteiger partial charge in [-0.3, -0.25) is 0 Å². The Morgan fingerprint density at radius 2 is 2.05 bits per heavy atom. The van der Waals surface area contributed by atoms with Gasteiger partial charge in [-0.1, -0.05) is 19.1 Å². The van der Waals surface area contributed by atoms with Crippen LogP contribution in [0.15, 0.2) is 36.5 Å². The number of benzene rings is 1. The zero-order valence-corrected chi connectivity index (χ0v) is 12.6. The summed E-state index contributed by atoms with van der Waals surface area (Å²) >= 11 is 0. The first kappa shape index (κ1) is 15.3. The summed E-state index contributed by atoms with van der Waals surface area (Å²) in [7, 11) is 3.37. The standard InChI is InChI=1S/C16H20FN3O/c1-4-18-11-12-9-10-19-16(15(12)17)20(2)13-7-5-6-8-14(13)21-3/h5-10,18H,4,11H2,1-3H3. The Balaban J connectivity index is 2.37. The van der Waals surface area contributed by atoms with Gasteiger partial charge in [-0.2, -0.15) is 0 Å². The number of rotatable bonds is 6. The zero-order valence-electron chi connectivity index (χ0n) is 12.6. The van der Waals surface area contributed by atoms with Crippen molar-refractivity contribution in [3.05, 3.63) is 47.9 Å². The summed E-state index contributed by atoms with van der Waals surface area (Å²) < 4.78 is 19.9. The largest absolute Gasteiger partial charge is 0.495 e. The first-order chi connectivity index (χ1) is 10.2. The molecule has 0 radical (unpaired) electrons. The molecule has 1 heterocycles. The summed E-state index contributed by atoms with van der Waals surface area (Å²) in [5, 5.41) is 3.12. The van der Waals surface area contributed by atoms with E-state index in [4.69, 9.17) is 4.74 Å². The van der Waals surface area contributed by atoms with Crippen molar-refractivity contribution in [2.75, 3.05) is 25.6 Å². The number of methoxy groups -OCH3 is 1. The Bertz CT molecular complexity index is 604. The lowest BCUT2D eigenvalue weighted by Gasteiger charge is -2.22. The lowest BCUT2D eigenvalue weighted by atomic mass is 10.2. The predicted molar refractivity (Wildman–Crippen MR) is 82.6 cm³/mol. The molecule has 0 saturated carbocycles. The van der Waals surface area contributed by atoms with Gasteiger partial charge in [0.2, 0.25) is 0 Å². The number of aromatic nitrogens is 1. The smallest absolute Gasteiger partial charge is 0.170 e. The molecule has 0 aliphatic rings. The van der Waals surface area contributed by atoms with Crippen LogP contribution < -0.4 is 15.0 Å². The van der Waals surface area contributed by atoms with E-state index in [1.165, 1.54) is 0 Å². The molecule has 1 aromatic heterocycles. The molecule has 5 heteroatoms. The third-order valence-corrected chi connectivity index (χ3v) is 3.28. The van der Waals surface area contributed by atoms with Crippen LogP contribution in [0.2, 0.25) is 0 Å². The molecule has 2 aromatic rings. The van der Waals surface area contributed by atoms with Gasteiger partial charge < -0.3 is 15.0 Å². The minimum Gasteiger partial charge on any atom is -0.495 e. The van der Waals surface area contributed by atoms with E-state index in [1.807, 2.05) is 31.2 Å². The van der Waals surface area contributed by atoms with Crippen molar-refractivity contribution in [1.29, 1.82) is 0 Å². The van der Waals surface area contributed by atoms with Crippen LogP contribution in [0, 0.1) is 5.82 Å². The van der Waals surface area contributed by atoms with E-state index in [-0.39, 0.29) is 11.6 Å². The van der Waals surface area contributed by atoms with Gasteiger partial charge in [0.1, 0.15) is 5.75 Å². The van der Waals surface area contributed by atoms with Crippen molar-refractivity contribution in [3.63, 3.8) is 0 Å². The minimum absolute atomic E-state index is 0.287. The van der Waals surface area contributed by atoms with E-state index in [1.54, 1.807) is 31.3 Å². The van der Waals surface area contributed by atoms with Crippen molar-refractivity contribution in [2.45, 2.75) is 13.5 Å². The molecule has 0 bridgehead atoms. The highest BCUT2D eigenvalue weighted by molar-refractivity contribution is 5.67. The normalized spacial score (nSPS) is 10.5. The van der Waals surface area contributed by atoms with Crippen molar-refractivity contribution >= 4 is 11.5 Å². The van der Waals surface area contributed by atoms with Crippen LogP contribution in [0.3, 0.4) is 0 Å². The highest BCUT2D eigenvalue weighted by Gasteiger charge is 2.16. The molecule has 0 spiro atoms. The predicted octanol–water partition coefficient (Wildman–Crippen LogP) is 3.11. The first-order valence-corrected chi connectivity index (χ1v) is 6.89. The van der Waals surface area contributed by atoms with E-state index in [0.29, 0.717) is 17.9 Å². The molecule has 0 fully saturated rings. The lowest BCUT2D eigenvalue weighted by Crippen LogP contribution is -2.18. The van der Waals surface area contributed by atoms with Gasteiger partial charge in [-0.25, -0.2) is 9.37 Å². The summed E-state index contributed by atoms with van der Waals surface area (Å²) in [6.45, 7) is 3.26. The van der Waals surface area contributed by atoms with E-state index in [9.17, 15) is 4.39 Å². The molecule has 0 aliphatic heterocycles. The van der Waals surface area contributed by atoms with Crippen LogP contribution in [0.4, 0.5) is 15.9 Å². The maximum Gasteiger partial charge on any atom is 0.170 e. The lowest BCUT2D eigenvalue weighted by molar-refractivity contribution is 0.415. The number of para-hydroxylation sites is 2. The minimum atomic E-state index is -0.313. The SMILES string of the molecule is CCNCc1ccnc(N(C)c2ccccc2OC)c1F. The molecule has 21 heavy (non-hydrogen) atoms. The number of nitrogens with one attached hydrogen (secondary N) is 1. The Labute approximate surface area is 124 Å². The monoisotopic (exact) mass is 289 g/mol. The molecule has 0 unspecified atom stereocenters. The molecule has 0 atom stereocenters. The molecular weight excluding hydrogens is 269 g/mol. The number of halogens is 1. The van der Waals surface area contributed by atoms with Crippen LogP contribution >= 0.6 is 0 Å². The molecule has 0 amide bonds. The Hall–Kier alpha value is -2.14. The van der Waals surface area contributed by atoms with Crippen molar-refractivity contribution in [1.82, 2.24) is 10.3 Å². The van der Waals surface area contributed by atoms with E-state index >= 15 is 0 Å². The molecule has 0 saturated heterocycles. The average molecular weight is 289 g/mol. The molecule has 112 valence electrons. The molecule has 2 rings (SSSR count). The van der Waals surface area contributed by atoms with Gasteiger partial charge in [-0.05, 0) is 24.7 Å². The highest BCUT2D eigenvalue weighted by Crippen LogP contribution is 2.32. The third kappa shape index (κ3) is 3.31. The number of anilines is 2.